The molecule has 2 heterocycles. The maximum Gasteiger partial charge on any atom is 0.250 e. The van der Waals surface area contributed by atoms with E-state index in [2.05, 4.69) is 25.6 Å². The standard InChI is InChI=1S/C22H26N8O4S/c1-16(25-35(33,34)20-10-8-18(9-11-20)23-17(2)31)21(32)28-12-14-29(15-13-28)22-24-26-27-30(22)19-6-4-3-5-7-19/h3-11,16,25H,12-15H2,1-2H3,(H,23,31)/t16-/m0/s1. The summed E-state index contributed by atoms with van der Waals surface area (Å²) in [6.07, 6.45) is 0. The number of anilines is 2. The van der Waals surface area contributed by atoms with E-state index in [1.807, 2.05) is 35.2 Å². The molecule has 1 saturated heterocycles. The Balaban J connectivity index is 1.36. The van der Waals surface area contributed by atoms with E-state index in [1.54, 1.807) is 9.58 Å². The van der Waals surface area contributed by atoms with Crippen LogP contribution in [0.1, 0.15) is 13.8 Å². The molecule has 0 bridgehead atoms. The molecule has 184 valence electrons. The van der Waals surface area contributed by atoms with Crippen molar-refractivity contribution in [3.05, 3.63) is 54.6 Å². The quantitative estimate of drug-likeness (QED) is 0.483. The van der Waals surface area contributed by atoms with E-state index in [0.29, 0.717) is 37.8 Å². The molecule has 2 aromatic carbocycles. The molecule has 0 spiro atoms. The molecule has 1 fully saturated rings. The van der Waals surface area contributed by atoms with E-state index in [0.717, 1.165) is 5.69 Å². The van der Waals surface area contributed by atoms with Gasteiger partial charge < -0.3 is 15.1 Å². The van der Waals surface area contributed by atoms with Crippen LogP contribution in [0.5, 0.6) is 0 Å². The molecule has 12 nitrogen and oxygen atoms in total. The van der Waals surface area contributed by atoms with Gasteiger partial charge in [0.2, 0.25) is 27.8 Å². The zero-order chi connectivity index (χ0) is 25.0. The highest BCUT2D eigenvalue weighted by atomic mass is 32.2. The average Bonchev–Trinajstić information content (AvgIpc) is 3.34. The summed E-state index contributed by atoms with van der Waals surface area (Å²) in [6.45, 7) is 4.69. The van der Waals surface area contributed by atoms with E-state index in [9.17, 15) is 18.0 Å². The van der Waals surface area contributed by atoms with Crippen LogP contribution >= 0.6 is 0 Å². The van der Waals surface area contributed by atoms with Gasteiger partial charge in [-0.25, -0.2) is 8.42 Å². The lowest BCUT2D eigenvalue weighted by Crippen LogP contribution is -2.54. The van der Waals surface area contributed by atoms with Crippen molar-refractivity contribution in [3.63, 3.8) is 0 Å². The number of piperazine rings is 1. The monoisotopic (exact) mass is 498 g/mol. The number of nitrogens with zero attached hydrogens (tertiary/aromatic N) is 6. The molecule has 1 aliphatic rings. The number of nitrogens with one attached hydrogen (secondary N) is 2. The predicted molar refractivity (Wildman–Crippen MR) is 128 cm³/mol. The number of hydrogen-bond donors (Lipinski definition) is 2. The minimum atomic E-state index is -3.92. The second-order valence-electron chi connectivity index (χ2n) is 8.09. The second kappa shape index (κ2) is 10.2. The summed E-state index contributed by atoms with van der Waals surface area (Å²) in [5, 5.41) is 14.6. The molecule has 3 aromatic rings. The van der Waals surface area contributed by atoms with Gasteiger partial charge >= 0.3 is 0 Å². The summed E-state index contributed by atoms with van der Waals surface area (Å²) >= 11 is 0. The number of carbonyl (C=O) groups is 2. The molecule has 0 saturated carbocycles. The first-order valence-electron chi connectivity index (χ1n) is 11.0. The van der Waals surface area contributed by atoms with E-state index >= 15 is 0 Å². The van der Waals surface area contributed by atoms with E-state index in [1.165, 1.54) is 38.1 Å². The highest BCUT2D eigenvalue weighted by molar-refractivity contribution is 7.89. The third-order valence-corrected chi connectivity index (χ3v) is 7.07. The Bertz CT molecular complexity index is 1290. The second-order valence-corrected chi connectivity index (χ2v) is 9.80. The van der Waals surface area contributed by atoms with E-state index < -0.39 is 16.1 Å². The summed E-state index contributed by atoms with van der Waals surface area (Å²) in [5.74, 6) is 0.0140. The maximum absolute atomic E-state index is 13.0. The van der Waals surface area contributed by atoms with Gasteiger partial charge in [0, 0.05) is 38.8 Å². The smallest absolute Gasteiger partial charge is 0.250 e. The van der Waals surface area contributed by atoms with Crippen molar-refractivity contribution in [1.82, 2.24) is 29.8 Å². The van der Waals surface area contributed by atoms with Crippen molar-refractivity contribution >= 4 is 33.5 Å². The number of aromatic nitrogens is 4. The van der Waals surface area contributed by atoms with Crippen molar-refractivity contribution in [3.8, 4) is 5.69 Å². The zero-order valence-electron chi connectivity index (χ0n) is 19.3. The lowest BCUT2D eigenvalue weighted by atomic mass is 10.2. The fraction of sp³-hybridized carbons (Fsp3) is 0.318. The summed E-state index contributed by atoms with van der Waals surface area (Å²) in [4.78, 5) is 27.7. The number of sulfonamides is 1. The number of hydrogen-bond acceptors (Lipinski definition) is 8. The number of amides is 2. The lowest BCUT2D eigenvalue weighted by Gasteiger charge is -2.36. The molecular weight excluding hydrogens is 472 g/mol. The van der Waals surface area contributed by atoms with Crippen LogP contribution in [0.3, 0.4) is 0 Å². The van der Waals surface area contributed by atoms with Gasteiger partial charge in [-0.1, -0.05) is 23.3 Å². The molecule has 35 heavy (non-hydrogen) atoms. The Hall–Kier alpha value is -3.84. The van der Waals surface area contributed by atoms with Gasteiger partial charge in [0.05, 0.1) is 16.6 Å². The van der Waals surface area contributed by atoms with Gasteiger partial charge in [0.15, 0.2) is 0 Å². The van der Waals surface area contributed by atoms with Crippen LogP contribution in [0, 0.1) is 0 Å². The maximum atomic E-state index is 13.0. The minimum absolute atomic E-state index is 0.00354. The Kier molecular flexibility index (Phi) is 7.07. The molecule has 1 atom stereocenters. The topological polar surface area (TPSA) is 142 Å². The van der Waals surface area contributed by atoms with Crippen LogP contribution < -0.4 is 14.9 Å². The largest absolute Gasteiger partial charge is 0.338 e. The Morgan fingerprint density at radius 2 is 1.63 bits per heavy atom. The molecule has 1 aromatic heterocycles. The molecule has 0 unspecified atom stereocenters. The molecule has 0 aliphatic carbocycles. The predicted octanol–water partition coefficient (Wildman–Crippen LogP) is 0.636. The highest BCUT2D eigenvalue weighted by Gasteiger charge is 2.29. The van der Waals surface area contributed by atoms with Crippen LogP contribution in [0.15, 0.2) is 59.5 Å². The van der Waals surface area contributed by atoms with Crippen LogP contribution in [-0.2, 0) is 19.6 Å². The van der Waals surface area contributed by atoms with Crippen LogP contribution in [-0.4, -0.2) is 77.6 Å². The fourth-order valence-electron chi connectivity index (χ4n) is 3.79. The van der Waals surface area contributed by atoms with E-state index in [4.69, 9.17) is 0 Å². The number of rotatable bonds is 7. The highest BCUT2D eigenvalue weighted by Crippen LogP contribution is 2.18. The molecular formula is C22H26N8O4S. The minimum Gasteiger partial charge on any atom is -0.338 e. The average molecular weight is 499 g/mol. The van der Waals surface area contributed by atoms with Gasteiger partial charge in [0.1, 0.15) is 0 Å². The Morgan fingerprint density at radius 1 is 0.971 bits per heavy atom. The molecule has 0 radical (unpaired) electrons. The van der Waals surface area contributed by atoms with Gasteiger partial charge in [-0.2, -0.15) is 9.40 Å². The van der Waals surface area contributed by atoms with Gasteiger partial charge in [-0.05, 0) is 53.7 Å². The first-order valence-corrected chi connectivity index (χ1v) is 12.5. The van der Waals surface area contributed by atoms with Gasteiger partial charge in [0.25, 0.3) is 0 Å². The van der Waals surface area contributed by atoms with Crippen molar-refractivity contribution < 1.29 is 18.0 Å². The fourth-order valence-corrected chi connectivity index (χ4v) is 4.99. The normalized spacial score (nSPS) is 15.0. The van der Waals surface area contributed by atoms with Crippen LogP contribution in [0.2, 0.25) is 0 Å². The van der Waals surface area contributed by atoms with E-state index in [-0.39, 0.29) is 16.7 Å². The zero-order valence-corrected chi connectivity index (χ0v) is 20.1. The first kappa shape index (κ1) is 24.3. The first-order chi connectivity index (χ1) is 16.7. The summed E-state index contributed by atoms with van der Waals surface area (Å²) in [5.41, 5.74) is 1.32. The van der Waals surface area contributed by atoms with Crippen molar-refractivity contribution in [2.24, 2.45) is 0 Å². The molecule has 1 aliphatic heterocycles. The molecule has 13 heteroatoms. The van der Waals surface area contributed by atoms with Crippen molar-refractivity contribution in [1.29, 1.82) is 0 Å². The number of para-hydroxylation sites is 1. The Labute approximate surface area is 203 Å². The summed E-state index contributed by atoms with van der Waals surface area (Å²) in [6, 6.07) is 14.3. The molecule has 2 N–H and O–H groups in total. The Morgan fingerprint density at radius 3 is 2.26 bits per heavy atom. The summed E-state index contributed by atoms with van der Waals surface area (Å²) in [7, 11) is -3.92. The van der Waals surface area contributed by atoms with Crippen LogP contribution in [0.4, 0.5) is 11.6 Å². The number of carbonyl (C=O) groups excluding carboxylic acids is 2. The third kappa shape index (κ3) is 5.63. The molecule has 2 amide bonds. The van der Waals surface area contributed by atoms with Gasteiger partial charge in [-0.3, -0.25) is 9.59 Å². The number of benzene rings is 2. The summed E-state index contributed by atoms with van der Waals surface area (Å²) < 4.78 is 29.6. The van der Waals surface area contributed by atoms with Crippen molar-refractivity contribution in [2.45, 2.75) is 24.8 Å². The molecule has 4 rings (SSSR count). The lowest BCUT2D eigenvalue weighted by molar-refractivity contribution is -0.132. The third-order valence-electron chi connectivity index (χ3n) is 5.52. The SMILES string of the molecule is CC(=O)Nc1ccc(S(=O)(=O)N[C@@H](C)C(=O)N2CCN(c3nnnn3-c3ccccc3)CC2)cc1. The van der Waals surface area contributed by atoms with Crippen molar-refractivity contribution in [2.75, 3.05) is 36.4 Å². The van der Waals surface area contributed by atoms with Crippen LogP contribution in [0.25, 0.3) is 5.69 Å². The van der Waals surface area contributed by atoms with Gasteiger partial charge in [-0.15, -0.1) is 0 Å². The number of tetrazole rings is 1.